The first-order valence-electron chi connectivity index (χ1n) is 10.7. The fraction of sp³-hybridized carbons (Fsp3) is 0.333. The van der Waals surface area contributed by atoms with Crippen molar-refractivity contribution in [3.05, 3.63) is 64.1 Å². The molecule has 2 amide bonds. The van der Waals surface area contributed by atoms with Crippen LogP contribution in [0.5, 0.6) is 5.75 Å². The first-order valence-corrected chi connectivity index (χ1v) is 11.9. The van der Waals surface area contributed by atoms with E-state index in [0.717, 1.165) is 17.1 Å². The lowest BCUT2D eigenvalue weighted by Crippen LogP contribution is -2.42. The summed E-state index contributed by atoms with van der Waals surface area (Å²) < 4.78 is 5.83. The first kappa shape index (κ1) is 23.2. The molecule has 9 heteroatoms. The second-order valence-corrected chi connectivity index (χ2v) is 9.84. The van der Waals surface area contributed by atoms with Crippen molar-refractivity contribution in [2.45, 2.75) is 45.1 Å². The van der Waals surface area contributed by atoms with E-state index in [9.17, 15) is 9.59 Å². The summed E-state index contributed by atoms with van der Waals surface area (Å²) >= 11 is 7.18. The molecule has 1 aliphatic heterocycles. The highest BCUT2D eigenvalue weighted by atomic mass is 35.5. The summed E-state index contributed by atoms with van der Waals surface area (Å²) in [4.78, 5) is 27.2. The van der Waals surface area contributed by atoms with Crippen molar-refractivity contribution in [2.24, 2.45) is 0 Å². The van der Waals surface area contributed by atoms with Crippen LogP contribution in [0, 0.1) is 0 Å². The lowest BCUT2D eigenvalue weighted by atomic mass is 10.1. The van der Waals surface area contributed by atoms with Gasteiger partial charge in [-0.1, -0.05) is 42.0 Å². The maximum absolute atomic E-state index is 12.8. The van der Waals surface area contributed by atoms with Crippen molar-refractivity contribution in [3.63, 3.8) is 0 Å². The summed E-state index contributed by atoms with van der Waals surface area (Å²) in [5.41, 5.74) is 0.984. The number of carbonyl (C=O) groups is 2. The van der Waals surface area contributed by atoms with E-state index >= 15 is 0 Å². The monoisotopic (exact) mass is 484 g/mol. The number of hydrogen-bond acceptors (Lipinski definition) is 6. The van der Waals surface area contributed by atoms with Crippen LogP contribution in [0.25, 0.3) is 0 Å². The first-order chi connectivity index (χ1) is 15.7. The van der Waals surface area contributed by atoms with Crippen LogP contribution in [0.3, 0.4) is 0 Å². The zero-order chi connectivity index (χ0) is 23.6. The van der Waals surface area contributed by atoms with Gasteiger partial charge in [0.25, 0.3) is 5.91 Å². The molecule has 0 radical (unpaired) electrons. The quantitative estimate of drug-likeness (QED) is 0.506. The molecule has 7 nitrogen and oxygen atoms in total. The van der Waals surface area contributed by atoms with Gasteiger partial charge >= 0.3 is 0 Å². The number of nitrogens with one attached hydrogen (secondary N) is 1. The Morgan fingerprint density at radius 3 is 2.55 bits per heavy atom. The van der Waals surface area contributed by atoms with Crippen molar-refractivity contribution in [3.8, 4) is 5.75 Å². The SMILES string of the molecule is CCc1ccc(N2CC(c3nnc(NC(=O)C(C)(C)Oc4ccc(Cl)cc4)s3)CC2=O)cc1. The van der Waals surface area contributed by atoms with Gasteiger partial charge < -0.3 is 9.64 Å². The number of anilines is 2. The van der Waals surface area contributed by atoms with E-state index in [1.165, 1.54) is 16.9 Å². The fourth-order valence-electron chi connectivity index (χ4n) is 3.58. The standard InChI is InChI=1S/C24H25ClN4O3S/c1-4-15-5-9-18(10-6-15)29-14-16(13-20(29)30)21-27-28-23(33-21)26-22(31)24(2,3)32-19-11-7-17(25)8-12-19/h5-12,16H,4,13-14H2,1-3H3,(H,26,28,31). The normalized spacial score (nSPS) is 16.2. The molecule has 1 aromatic heterocycles. The maximum atomic E-state index is 12.8. The highest BCUT2D eigenvalue weighted by molar-refractivity contribution is 7.15. The Labute approximate surface area is 201 Å². The molecule has 1 atom stereocenters. The molecular formula is C24H25ClN4O3S. The Morgan fingerprint density at radius 2 is 1.88 bits per heavy atom. The molecular weight excluding hydrogens is 460 g/mol. The molecule has 33 heavy (non-hydrogen) atoms. The smallest absolute Gasteiger partial charge is 0.269 e. The summed E-state index contributed by atoms with van der Waals surface area (Å²) in [5.74, 6) is 0.182. The minimum absolute atomic E-state index is 0.0579. The third-order valence-electron chi connectivity index (χ3n) is 5.53. The predicted molar refractivity (Wildman–Crippen MR) is 130 cm³/mol. The average molecular weight is 485 g/mol. The Hall–Kier alpha value is -2.97. The number of carbonyl (C=O) groups excluding carboxylic acids is 2. The number of nitrogens with zero attached hydrogens (tertiary/aromatic N) is 3. The predicted octanol–water partition coefficient (Wildman–Crippen LogP) is 5.07. The number of benzene rings is 2. The average Bonchev–Trinajstić information content (AvgIpc) is 3.42. The second kappa shape index (κ2) is 9.49. The minimum Gasteiger partial charge on any atom is -0.478 e. The zero-order valence-corrected chi connectivity index (χ0v) is 20.2. The van der Waals surface area contributed by atoms with E-state index in [1.807, 2.05) is 24.3 Å². The zero-order valence-electron chi connectivity index (χ0n) is 18.7. The van der Waals surface area contributed by atoms with Crippen molar-refractivity contribution in [1.82, 2.24) is 10.2 Å². The van der Waals surface area contributed by atoms with Crippen LogP contribution in [0.4, 0.5) is 10.8 Å². The van der Waals surface area contributed by atoms with Crippen LogP contribution in [-0.4, -0.2) is 34.2 Å². The third kappa shape index (κ3) is 5.34. The topological polar surface area (TPSA) is 84.4 Å². The van der Waals surface area contributed by atoms with Gasteiger partial charge in [0.2, 0.25) is 11.0 Å². The number of amides is 2. The van der Waals surface area contributed by atoms with Crippen molar-refractivity contribution >= 4 is 45.6 Å². The highest BCUT2D eigenvalue weighted by Crippen LogP contribution is 2.34. The molecule has 1 saturated heterocycles. The lowest BCUT2D eigenvalue weighted by molar-refractivity contribution is -0.128. The molecule has 1 unspecified atom stereocenters. The summed E-state index contributed by atoms with van der Waals surface area (Å²) in [6.45, 7) is 5.99. The number of hydrogen-bond donors (Lipinski definition) is 1. The second-order valence-electron chi connectivity index (χ2n) is 8.39. The summed E-state index contributed by atoms with van der Waals surface area (Å²) in [6, 6.07) is 14.9. The fourth-order valence-corrected chi connectivity index (χ4v) is 4.53. The van der Waals surface area contributed by atoms with Gasteiger partial charge in [0, 0.05) is 29.6 Å². The van der Waals surface area contributed by atoms with Gasteiger partial charge in [-0.05, 0) is 62.2 Å². The molecule has 2 aromatic carbocycles. The van der Waals surface area contributed by atoms with Crippen LogP contribution in [0.2, 0.25) is 5.02 Å². The van der Waals surface area contributed by atoms with E-state index in [2.05, 4.69) is 22.4 Å². The molecule has 1 fully saturated rings. The number of ether oxygens (including phenoxy) is 1. The van der Waals surface area contributed by atoms with Gasteiger partial charge in [0.05, 0.1) is 0 Å². The number of halogens is 1. The molecule has 0 spiro atoms. The van der Waals surface area contributed by atoms with Crippen molar-refractivity contribution < 1.29 is 14.3 Å². The summed E-state index contributed by atoms with van der Waals surface area (Å²) in [5, 5.41) is 12.8. The summed E-state index contributed by atoms with van der Waals surface area (Å²) in [7, 11) is 0. The van der Waals surface area contributed by atoms with E-state index in [-0.39, 0.29) is 17.7 Å². The Bertz CT molecular complexity index is 1150. The van der Waals surface area contributed by atoms with E-state index < -0.39 is 5.60 Å². The largest absolute Gasteiger partial charge is 0.478 e. The van der Waals surface area contributed by atoms with Gasteiger partial charge in [-0.2, -0.15) is 0 Å². The maximum Gasteiger partial charge on any atom is 0.269 e. The molecule has 0 bridgehead atoms. The molecule has 3 aromatic rings. The van der Waals surface area contributed by atoms with Crippen LogP contribution in [-0.2, 0) is 16.0 Å². The van der Waals surface area contributed by atoms with Gasteiger partial charge in [0.1, 0.15) is 10.8 Å². The number of aryl methyl sites for hydroxylation is 1. The third-order valence-corrected chi connectivity index (χ3v) is 6.78. The van der Waals surface area contributed by atoms with E-state index in [1.54, 1.807) is 43.0 Å². The van der Waals surface area contributed by atoms with Gasteiger partial charge in [0.15, 0.2) is 5.60 Å². The van der Waals surface area contributed by atoms with Crippen molar-refractivity contribution in [2.75, 3.05) is 16.8 Å². The Morgan fingerprint density at radius 1 is 1.18 bits per heavy atom. The Balaban J connectivity index is 1.39. The van der Waals surface area contributed by atoms with Gasteiger partial charge in [-0.15, -0.1) is 10.2 Å². The van der Waals surface area contributed by atoms with Crippen LogP contribution < -0.4 is 15.0 Å². The molecule has 4 rings (SSSR count). The van der Waals surface area contributed by atoms with E-state index in [0.29, 0.717) is 28.9 Å². The van der Waals surface area contributed by atoms with E-state index in [4.69, 9.17) is 16.3 Å². The number of rotatable bonds is 7. The minimum atomic E-state index is -1.13. The Kier molecular flexibility index (Phi) is 6.67. The van der Waals surface area contributed by atoms with Gasteiger partial charge in [-0.3, -0.25) is 14.9 Å². The van der Waals surface area contributed by atoms with Gasteiger partial charge in [-0.25, -0.2) is 0 Å². The molecule has 2 heterocycles. The molecule has 1 aliphatic rings. The highest BCUT2D eigenvalue weighted by Gasteiger charge is 2.35. The van der Waals surface area contributed by atoms with Crippen LogP contribution in [0.15, 0.2) is 48.5 Å². The molecule has 0 saturated carbocycles. The molecule has 0 aliphatic carbocycles. The van der Waals surface area contributed by atoms with Crippen LogP contribution in [0.1, 0.15) is 43.7 Å². The summed E-state index contributed by atoms with van der Waals surface area (Å²) in [6.07, 6.45) is 1.32. The number of aromatic nitrogens is 2. The lowest BCUT2D eigenvalue weighted by Gasteiger charge is -2.24. The van der Waals surface area contributed by atoms with Crippen LogP contribution >= 0.6 is 22.9 Å². The van der Waals surface area contributed by atoms with Crippen molar-refractivity contribution in [1.29, 1.82) is 0 Å². The molecule has 1 N–H and O–H groups in total. The molecule has 172 valence electrons.